The summed E-state index contributed by atoms with van der Waals surface area (Å²) in [6.45, 7) is 9.92. The summed E-state index contributed by atoms with van der Waals surface area (Å²) in [5.74, 6) is 6.51. The van der Waals surface area contributed by atoms with Gasteiger partial charge in [-0.05, 0) is 66.6 Å². The van der Waals surface area contributed by atoms with Crippen molar-refractivity contribution < 1.29 is 0 Å². The van der Waals surface area contributed by atoms with Crippen LogP contribution in [0.15, 0.2) is 0 Å². The lowest BCUT2D eigenvalue weighted by atomic mass is 9.72. The Balaban J connectivity index is 1.84. The minimum Gasteiger partial charge on any atom is -0.0619 e. The van der Waals surface area contributed by atoms with Gasteiger partial charge in [0.25, 0.3) is 0 Å². The summed E-state index contributed by atoms with van der Waals surface area (Å²) in [4.78, 5) is 0. The van der Waals surface area contributed by atoms with Gasteiger partial charge in [-0.3, -0.25) is 0 Å². The monoisotopic (exact) mass is 206 g/mol. The van der Waals surface area contributed by atoms with Gasteiger partial charge in [-0.15, -0.1) is 0 Å². The predicted octanol–water partition coefficient (Wildman–Crippen LogP) is 4.35. The Morgan fingerprint density at radius 1 is 0.933 bits per heavy atom. The van der Waals surface area contributed by atoms with E-state index in [-0.39, 0.29) is 0 Å². The molecule has 3 saturated carbocycles. The largest absolute Gasteiger partial charge is 0.0619 e. The maximum absolute atomic E-state index is 2.56. The van der Waals surface area contributed by atoms with Crippen LogP contribution >= 0.6 is 0 Å². The van der Waals surface area contributed by atoms with Crippen LogP contribution in [-0.4, -0.2) is 0 Å². The summed E-state index contributed by atoms with van der Waals surface area (Å²) in [6, 6.07) is 0. The van der Waals surface area contributed by atoms with E-state index in [0.717, 1.165) is 35.5 Å². The second kappa shape index (κ2) is 3.02. The summed E-state index contributed by atoms with van der Waals surface area (Å²) in [5.41, 5.74) is 0.545. The van der Waals surface area contributed by atoms with Crippen LogP contribution in [0.3, 0.4) is 0 Å². The number of hydrogen-bond donors (Lipinski definition) is 0. The van der Waals surface area contributed by atoms with Crippen molar-refractivity contribution in [3.63, 3.8) is 0 Å². The van der Waals surface area contributed by atoms with Crippen LogP contribution in [0.25, 0.3) is 0 Å². The van der Waals surface area contributed by atoms with Crippen molar-refractivity contribution in [3.05, 3.63) is 0 Å². The molecule has 0 N–H and O–H groups in total. The van der Waals surface area contributed by atoms with E-state index in [2.05, 4.69) is 27.7 Å². The van der Waals surface area contributed by atoms with Gasteiger partial charge in [0, 0.05) is 0 Å². The Bertz CT molecular complexity index is 258. The molecule has 0 nitrogen and oxygen atoms in total. The summed E-state index contributed by atoms with van der Waals surface area (Å²) >= 11 is 0. The van der Waals surface area contributed by atoms with Gasteiger partial charge >= 0.3 is 0 Å². The molecule has 0 aliphatic heterocycles. The Morgan fingerprint density at radius 2 is 1.60 bits per heavy atom. The lowest BCUT2D eigenvalue weighted by molar-refractivity contribution is 0.156. The Morgan fingerprint density at radius 3 is 2.20 bits per heavy atom. The second-order valence-corrected chi connectivity index (χ2v) is 7.64. The smallest absolute Gasteiger partial charge is 0.0326 e. The lowest BCUT2D eigenvalue weighted by Gasteiger charge is -2.33. The molecule has 86 valence electrons. The first-order chi connectivity index (χ1) is 6.98. The molecule has 0 radical (unpaired) electrons. The first kappa shape index (κ1) is 10.2. The number of rotatable bonds is 0. The third kappa shape index (κ3) is 1.33. The summed E-state index contributed by atoms with van der Waals surface area (Å²) in [7, 11) is 0. The van der Waals surface area contributed by atoms with Crippen LogP contribution in [0.1, 0.15) is 53.4 Å². The van der Waals surface area contributed by atoms with E-state index in [0.29, 0.717) is 5.41 Å². The highest BCUT2D eigenvalue weighted by molar-refractivity contribution is 5.05. The zero-order chi connectivity index (χ0) is 10.8. The lowest BCUT2D eigenvalue weighted by Crippen LogP contribution is -2.26. The fourth-order valence-electron chi connectivity index (χ4n) is 5.54. The molecule has 0 aromatic rings. The van der Waals surface area contributed by atoms with Gasteiger partial charge in [-0.1, -0.05) is 27.7 Å². The molecule has 0 aromatic heterocycles. The van der Waals surface area contributed by atoms with E-state index < -0.39 is 0 Å². The maximum atomic E-state index is 2.56. The van der Waals surface area contributed by atoms with E-state index in [1.165, 1.54) is 0 Å². The number of fused-ring (bicyclic) bond motifs is 5. The molecular weight excluding hydrogens is 180 g/mol. The third-order valence-electron chi connectivity index (χ3n) is 6.04. The van der Waals surface area contributed by atoms with Crippen molar-refractivity contribution in [1.29, 1.82) is 0 Å². The SMILES string of the molecule is CC1C2C3CCC(C3)C2CC1C(C)(C)C. The highest BCUT2D eigenvalue weighted by Gasteiger charge is 2.56. The van der Waals surface area contributed by atoms with Crippen molar-refractivity contribution in [2.24, 2.45) is 40.9 Å². The molecule has 6 atom stereocenters. The number of hydrogen-bond acceptors (Lipinski definition) is 0. The van der Waals surface area contributed by atoms with Gasteiger partial charge in [0.15, 0.2) is 0 Å². The topological polar surface area (TPSA) is 0 Å². The highest BCUT2D eigenvalue weighted by Crippen LogP contribution is 2.64. The second-order valence-electron chi connectivity index (χ2n) is 7.64. The first-order valence-electron chi connectivity index (χ1n) is 6.98. The van der Waals surface area contributed by atoms with Crippen LogP contribution in [0.2, 0.25) is 0 Å². The molecule has 2 bridgehead atoms. The van der Waals surface area contributed by atoms with Crippen LogP contribution in [-0.2, 0) is 0 Å². The van der Waals surface area contributed by atoms with Crippen molar-refractivity contribution in [3.8, 4) is 0 Å². The fraction of sp³-hybridized carbons (Fsp3) is 1.00. The summed E-state index contributed by atoms with van der Waals surface area (Å²) in [5, 5.41) is 0. The predicted molar refractivity (Wildman–Crippen MR) is 64.5 cm³/mol. The van der Waals surface area contributed by atoms with Gasteiger partial charge in [-0.2, -0.15) is 0 Å². The standard InChI is InChI=1S/C15H26/c1-9-13(15(2,3)4)8-12-10-5-6-11(7-10)14(9)12/h9-14H,5-8H2,1-4H3. The van der Waals surface area contributed by atoms with Crippen molar-refractivity contribution in [1.82, 2.24) is 0 Å². The van der Waals surface area contributed by atoms with Crippen LogP contribution in [0, 0.1) is 40.9 Å². The molecule has 15 heavy (non-hydrogen) atoms. The molecule has 0 aromatic carbocycles. The normalized spacial score (nSPS) is 53.6. The highest BCUT2D eigenvalue weighted by atomic mass is 14.6. The van der Waals surface area contributed by atoms with E-state index in [4.69, 9.17) is 0 Å². The zero-order valence-corrected chi connectivity index (χ0v) is 10.8. The van der Waals surface area contributed by atoms with Gasteiger partial charge in [0.05, 0.1) is 0 Å². The van der Waals surface area contributed by atoms with Crippen LogP contribution in [0.5, 0.6) is 0 Å². The molecule has 3 aliphatic rings. The van der Waals surface area contributed by atoms with Crippen molar-refractivity contribution in [2.75, 3.05) is 0 Å². The minimum absolute atomic E-state index is 0.545. The van der Waals surface area contributed by atoms with Gasteiger partial charge in [0.1, 0.15) is 0 Å². The summed E-state index contributed by atoms with van der Waals surface area (Å²) < 4.78 is 0. The molecule has 0 amide bonds. The molecule has 3 rings (SSSR count). The Kier molecular flexibility index (Phi) is 2.05. The van der Waals surface area contributed by atoms with Gasteiger partial charge in [-0.25, -0.2) is 0 Å². The van der Waals surface area contributed by atoms with Crippen LogP contribution < -0.4 is 0 Å². The minimum atomic E-state index is 0.545. The molecule has 0 heterocycles. The molecular formula is C15H26. The summed E-state index contributed by atoms with van der Waals surface area (Å²) in [6.07, 6.45) is 6.27. The average molecular weight is 206 g/mol. The molecule has 3 fully saturated rings. The first-order valence-corrected chi connectivity index (χ1v) is 6.98. The fourth-order valence-corrected chi connectivity index (χ4v) is 5.54. The molecule has 0 heteroatoms. The van der Waals surface area contributed by atoms with Crippen molar-refractivity contribution in [2.45, 2.75) is 53.4 Å². The van der Waals surface area contributed by atoms with E-state index in [1.807, 2.05) is 0 Å². The molecule has 0 saturated heterocycles. The zero-order valence-electron chi connectivity index (χ0n) is 10.8. The molecule has 6 unspecified atom stereocenters. The van der Waals surface area contributed by atoms with Crippen LogP contribution in [0.4, 0.5) is 0 Å². The van der Waals surface area contributed by atoms with Crippen molar-refractivity contribution >= 4 is 0 Å². The quantitative estimate of drug-likeness (QED) is 0.553. The molecule has 3 aliphatic carbocycles. The molecule has 0 spiro atoms. The van der Waals surface area contributed by atoms with E-state index in [9.17, 15) is 0 Å². The average Bonchev–Trinajstić information content (AvgIpc) is 2.73. The Hall–Kier alpha value is 0. The van der Waals surface area contributed by atoms with E-state index >= 15 is 0 Å². The Labute approximate surface area is 94.8 Å². The van der Waals surface area contributed by atoms with Gasteiger partial charge < -0.3 is 0 Å². The van der Waals surface area contributed by atoms with E-state index in [1.54, 1.807) is 25.7 Å². The maximum Gasteiger partial charge on any atom is -0.0326 e. The third-order valence-corrected chi connectivity index (χ3v) is 6.04. The van der Waals surface area contributed by atoms with Gasteiger partial charge in [0.2, 0.25) is 0 Å².